The second kappa shape index (κ2) is 8.19. The second-order valence-electron chi connectivity index (χ2n) is 4.63. The van der Waals surface area contributed by atoms with Crippen LogP contribution >= 0.6 is 0 Å². The number of hydrogen-bond donors (Lipinski definition) is 2. The Morgan fingerprint density at radius 2 is 1.95 bits per heavy atom. The monoisotopic (exact) mass is 279 g/mol. The normalized spacial score (nSPS) is 11.7. The predicted octanol–water partition coefficient (Wildman–Crippen LogP) is 1.85. The fraction of sp³-hybridized carbons (Fsp3) is 0.467. The van der Waals surface area contributed by atoms with Gasteiger partial charge in [0.15, 0.2) is 0 Å². The summed E-state index contributed by atoms with van der Waals surface area (Å²) in [5.41, 5.74) is 0.900. The van der Waals surface area contributed by atoms with E-state index in [2.05, 4.69) is 5.32 Å². The van der Waals surface area contributed by atoms with Crippen molar-refractivity contribution >= 4 is 11.9 Å². The van der Waals surface area contributed by atoms with Gasteiger partial charge >= 0.3 is 5.97 Å². The maximum absolute atomic E-state index is 11.7. The number of hydrogen-bond acceptors (Lipinski definition) is 3. The van der Waals surface area contributed by atoms with Gasteiger partial charge in [0.1, 0.15) is 5.75 Å². The molecular formula is C15H21NO4. The summed E-state index contributed by atoms with van der Waals surface area (Å²) in [5, 5.41) is 11.5. The molecule has 0 aliphatic carbocycles. The van der Waals surface area contributed by atoms with E-state index in [-0.39, 0.29) is 12.3 Å². The SMILES string of the molecule is CCOc1ccc(CC(=O)NCCC(C)C(=O)O)cc1. The largest absolute Gasteiger partial charge is 0.494 e. The molecule has 0 fully saturated rings. The lowest BCUT2D eigenvalue weighted by atomic mass is 10.1. The smallest absolute Gasteiger partial charge is 0.306 e. The first-order chi connectivity index (χ1) is 9.52. The highest BCUT2D eigenvalue weighted by molar-refractivity contribution is 5.78. The van der Waals surface area contributed by atoms with Gasteiger partial charge in [-0.15, -0.1) is 0 Å². The lowest BCUT2D eigenvalue weighted by Gasteiger charge is -2.08. The Morgan fingerprint density at radius 3 is 2.50 bits per heavy atom. The molecule has 5 nitrogen and oxygen atoms in total. The van der Waals surface area contributed by atoms with E-state index in [1.807, 2.05) is 31.2 Å². The van der Waals surface area contributed by atoms with Crippen molar-refractivity contribution in [2.75, 3.05) is 13.2 Å². The molecule has 0 aromatic heterocycles. The Morgan fingerprint density at radius 1 is 1.30 bits per heavy atom. The third-order valence-electron chi connectivity index (χ3n) is 2.92. The van der Waals surface area contributed by atoms with E-state index in [4.69, 9.17) is 9.84 Å². The van der Waals surface area contributed by atoms with E-state index in [0.29, 0.717) is 19.6 Å². The summed E-state index contributed by atoms with van der Waals surface area (Å²) >= 11 is 0. The Labute approximate surface area is 118 Å². The van der Waals surface area contributed by atoms with Crippen LogP contribution in [-0.2, 0) is 16.0 Å². The van der Waals surface area contributed by atoms with Gasteiger partial charge in [-0.3, -0.25) is 9.59 Å². The van der Waals surface area contributed by atoms with Crippen molar-refractivity contribution in [3.63, 3.8) is 0 Å². The number of rotatable bonds is 8. The zero-order chi connectivity index (χ0) is 15.0. The van der Waals surface area contributed by atoms with Gasteiger partial charge in [-0.1, -0.05) is 19.1 Å². The van der Waals surface area contributed by atoms with Gasteiger partial charge < -0.3 is 15.2 Å². The highest BCUT2D eigenvalue weighted by Crippen LogP contribution is 2.12. The molecular weight excluding hydrogens is 258 g/mol. The highest BCUT2D eigenvalue weighted by atomic mass is 16.5. The van der Waals surface area contributed by atoms with Gasteiger partial charge in [0.25, 0.3) is 0 Å². The molecule has 110 valence electrons. The van der Waals surface area contributed by atoms with Crippen LogP contribution in [0.15, 0.2) is 24.3 Å². The van der Waals surface area contributed by atoms with E-state index >= 15 is 0 Å². The maximum atomic E-state index is 11.7. The number of nitrogens with one attached hydrogen (secondary N) is 1. The predicted molar refractivity (Wildman–Crippen MR) is 75.7 cm³/mol. The van der Waals surface area contributed by atoms with Crippen LogP contribution in [-0.4, -0.2) is 30.1 Å². The standard InChI is InChI=1S/C15H21NO4/c1-3-20-13-6-4-12(5-7-13)10-14(17)16-9-8-11(2)15(18)19/h4-7,11H,3,8-10H2,1-2H3,(H,16,17)(H,18,19). The second-order valence-corrected chi connectivity index (χ2v) is 4.63. The summed E-state index contributed by atoms with van der Waals surface area (Å²) in [6, 6.07) is 7.37. The van der Waals surface area contributed by atoms with Crippen LogP contribution in [0.3, 0.4) is 0 Å². The van der Waals surface area contributed by atoms with E-state index < -0.39 is 11.9 Å². The molecule has 0 saturated carbocycles. The van der Waals surface area contributed by atoms with Crippen LogP contribution in [0.4, 0.5) is 0 Å². The highest BCUT2D eigenvalue weighted by Gasteiger charge is 2.11. The third kappa shape index (κ3) is 5.73. The number of benzene rings is 1. The van der Waals surface area contributed by atoms with Crippen molar-refractivity contribution in [1.29, 1.82) is 0 Å². The Kier molecular flexibility index (Phi) is 6.56. The topological polar surface area (TPSA) is 75.6 Å². The van der Waals surface area contributed by atoms with Gasteiger partial charge in [-0.2, -0.15) is 0 Å². The maximum Gasteiger partial charge on any atom is 0.306 e. The molecule has 2 N–H and O–H groups in total. The van der Waals surface area contributed by atoms with Crippen LogP contribution in [0.25, 0.3) is 0 Å². The molecule has 0 spiro atoms. The molecule has 0 aliphatic rings. The molecule has 0 saturated heterocycles. The van der Waals surface area contributed by atoms with E-state index in [9.17, 15) is 9.59 Å². The number of carboxylic acid groups (broad SMARTS) is 1. The van der Waals surface area contributed by atoms with Crippen molar-refractivity contribution in [2.24, 2.45) is 5.92 Å². The van der Waals surface area contributed by atoms with Gasteiger partial charge in [-0.05, 0) is 31.0 Å². The van der Waals surface area contributed by atoms with Crippen LogP contribution in [0.1, 0.15) is 25.8 Å². The van der Waals surface area contributed by atoms with E-state index in [1.165, 1.54) is 0 Å². The first kappa shape index (κ1) is 16.0. The summed E-state index contributed by atoms with van der Waals surface area (Å²) in [5.74, 6) is -0.606. The van der Waals surface area contributed by atoms with Gasteiger partial charge in [0.2, 0.25) is 5.91 Å². The number of carbonyl (C=O) groups excluding carboxylic acids is 1. The van der Waals surface area contributed by atoms with Crippen LogP contribution < -0.4 is 10.1 Å². The summed E-state index contributed by atoms with van der Waals surface area (Å²) in [7, 11) is 0. The zero-order valence-electron chi connectivity index (χ0n) is 11.9. The summed E-state index contributed by atoms with van der Waals surface area (Å²) in [6.07, 6.45) is 0.720. The van der Waals surface area contributed by atoms with Crippen molar-refractivity contribution in [3.05, 3.63) is 29.8 Å². The first-order valence-corrected chi connectivity index (χ1v) is 6.74. The quantitative estimate of drug-likeness (QED) is 0.761. The van der Waals surface area contributed by atoms with Crippen LogP contribution in [0.2, 0.25) is 0 Å². The molecule has 0 aliphatic heterocycles. The van der Waals surface area contributed by atoms with Gasteiger partial charge in [-0.25, -0.2) is 0 Å². The minimum Gasteiger partial charge on any atom is -0.494 e. The molecule has 0 heterocycles. The van der Waals surface area contributed by atoms with E-state index in [0.717, 1.165) is 11.3 Å². The number of amides is 1. The van der Waals surface area contributed by atoms with Crippen molar-refractivity contribution in [1.82, 2.24) is 5.32 Å². The third-order valence-corrected chi connectivity index (χ3v) is 2.92. The summed E-state index contributed by atoms with van der Waals surface area (Å²) in [4.78, 5) is 22.3. The average molecular weight is 279 g/mol. The number of aliphatic carboxylic acids is 1. The molecule has 5 heteroatoms. The zero-order valence-corrected chi connectivity index (χ0v) is 11.9. The van der Waals surface area contributed by atoms with Gasteiger partial charge in [0, 0.05) is 6.54 Å². The molecule has 20 heavy (non-hydrogen) atoms. The molecule has 1 amide bonds. The minimum absolute atomic E-state index is 0.105. The fourth-order valence-corrected chi connectivity index (χ4v) is 1.67. The Hall–Kier alpha value is -2.04. The molecule has 0 bridgehead atoms. The molecule has 1 unspecified atom stereocenters. The number of ether oxygens (including phenoxy) is 1. The number of carboxylic acids is 1. The van der Waals surface area contributed by atoms with Crippen molar-refractivity contribution < 1.29 is 19.4 Å². The molecule has 1 aromatic rings. The number of carbonyl (C=O) groups is 2. The van der Waals surface area contributed by atoms with Gasteiger partial charge in [0.05, 0.1) is 18.9 Å². The Bertz CT molecular complexity index is 442. The lowest BCUT2D eigenvalue weighted by molar-refractivity contribution is -0.141. The van der Waals surface area contributed by atoms with Crippen molar-refractivity contribution in [2.45, 2.75) is 26.7 Å². The Balaban J connectivity index is 2.33. The minimum atomic E-state index is -0.842. The fourth-order valence-electron chi connectivity index (χ4n) is 1.67. The summed E-state index contributed by atoms with van der Waals surface area (Å²) < 4.78 is 5.32. The van der Waals surface area contributed by atoms with Crippen molar-refractivity contribution in [3.8, 4) is 5.75 Å². The van der Waals surface area contributed by atoms with E-state index in [1.54, 1.807) is 6.92 Å². The van der Waals surface area contributed by atoms with Crippen LogP contribution in [0.5, 0.6) is 5.75 Å². The average Bonchev–Trinajstić information content (AvgIpc) is 2.41. The summed E-state index contributed by atoms with van der Waals surface area (Å²) in [6.45, 7) is 4.53. The molecule has 1 atom stereocenters. The van der Waals surface area contributed by atoms with Crippen LogP contribution in [0, 0.1) is 5.92 Å². The lowest BCUT2D eigenvalue weighted by Crippen LogP contribution is -2.28. The molecule has 1 rings (SSSR count). The first-order valence-electron chi connectivity index (χ1n) is 6.74. The molecule has 0 radical (unpaired) electrons. The molecule has 1 aromatic carbocycles.